The van der Waals surface area contributed by atoms with Gasteiger partial charge < -0.3 is 5.32 Å². The van der Waals surface area contributed by atoms with Crippen LogP contribution in [0.3, 0.4) is 0 Å². The zero-order valence-electron chi connectivity index (χ0n) is 17.3. The fourth-order valence-electron chi connectivity index (χ4n) is 2.63. The summed E-state index contributed by atoms with van der Waals surface area (Å²) in [6.07, 6.45) is 4.70. The molecular weight excluding hydrogens is 394 g/mol. The van der Waals surface area contributed by atoms with Gasteiger partial charge in [-0.3, -0.25) is 0 Å². The monoisotopic (exact) mass is 422 g/mol. The molecule has 6 nitrogen and oxygen atoms in total. The SMILES string of the molecule is C=C(C)Nc1ncc(CC)s1.CCCCC(C)c1cc(C(F)F)n2ncnc2n1. The van der Waals surface area contributed by atoms with Gasteiger partial charge in [0.1, 0.15) is 12.0 Å². The van der Waals surface area contributed by atoms with E-state index in [0.717, 1.165) is 41.0 Å². The first kappa shape index (κ1) is 22.9. The van der Waals surface area contributed by atoms with Gasteiger partial charge in [-0.2, -0.15) is 14.6 Å². The molecule has 3 rings (SSSR count). The lowest BCUT2D eigenvalue weighted by atomic mass is 10.00. The molecule has 0 aliphatic carbocycles. The quantitative estimate of drug-likeness (QED) is 0.482. The third-order valence-corrected chi connectivity index (χ3v) is 5.30. The van der Waals surface area contributed by atoms with Crippen molar-refractivity contribution in [2.24, 2.45) is 0 Å². The van der Waals surface area contributed by atoms with Crippen LogP contribution in [0.2, 0.25) is 0 Å². The third kappa shape index (κ3) is 6.56. The summed E-state index contributed by atoms with van der Waals surface area (Å²) in [7, 11) is 0. The molecule has 0 spiro atoms. The van der Waals surface area contributed by atoms with E-state index in [-0.39, 0.29) is 17.4 Å². The Hall–Kier alpha value is -2.42. The first-order valence-corrected chi connectivity index (χ1v) is 10.5. The van der Waals surface area contributed by atoms with Gasteiger partial charge in [-0.05, 0) is 31.7 Å². The molecule has 158 valence electrons. The number of anilines is 1. The van der Waals surface area contributed by atoms with Crippen LogP contribution in [-0.4, -0.2) is 24.6 Å². The van der Waals surface area contributed by atoms with Crippen molar-refractivity contribution in [2.75, 3.05) is 5.32 Å². The van der Waals surface area contributed by atoms with Crippen molar-refractivity contribution in [1.82, 2.24) is 24.6 Å². The zero-order chi connectivity index (χ0) is 21.4. The number of aryl methyl sites for hydroxylation is 1. The Morgan fingerprint density at radius 2 is 2.07 bits per heavy atom. The fraction of sp³-hybridized carbons (Fsp3) is 0.500. The number of halogens is 2. The second-order valence-corrected chi connectivity index (χ2v) is 7.93. The van der Waals surface area contributed by atoms with Gasteiger partial charge >= 0.3 is 0 Å². The molecule has 0 amide bonds. The second kappa shape index (κ2) is 10.9. The minimum atomic E-state index is -2.57. The van der Waals surface area contributed by atoms with Gasteiger partial charge in [0.2, 0.25) is 0 Å². The highest BCUT2D eigenvalue weighted by molar-refractivity contribution is 7.15. The molecule has 1 unspecified atom stereocenters. The molecule has 0 saturated heterocycles. The van der Waals surface area contributed by atoms with Crippen molar-refractivity contribution in [2.45, 2.75) is 65.7 Å². The number of thiazole rings is 1. The molecule has 3 aromatic heterocycles. The summed E-state index contributed by atoms with van der Waals surface area (Å²) >= 11 is 1.68. The minimum absolute atomic E-state index is 0.143. The Kier molecular flexibility index (Phi) is 8.63. The topological polar surface area (TPSA) is 68.0 Å². The van der Waals surface area contributed by atoms with E-state index in [1.807, 2.05) is 20.0 Å². The predicted molar refractivity (Wildman–Crippen MR) is 114 cm³/mol. The summed E-state index contributed by atoms with van der Waals surface area (Å²) in [5, 5.41) is 7.78. The molecule has 1 atom stereocenters. The highest BCUT2D eigenvalue weighted by atomic mass is 32.1. The summed E-state index contributed by atoms with van der Waals surface area (Å²) in [6.45, 7) is 11.9. The maximum absolute atomic E-state index is 13.0. The standard InChI is InChI=1S/C12H16F2N4.C8H12N2S/c1-3-4-5-8(2)9-6-10(11(13)14)18-12(17-9)15-7-16-18;1-4-7-5-9-8(11-7)10-6(2)3/h6-8,11H,3-5H2,1-2H3;5H,2,4H2,1,3H3,(H,9,10). The largest absolute Gasteiger partial charge is 0.336 e. The molecule has 3 heterocycles. The van der Waals surface area contributed by atoms with Crippen LogP contribution in [0.4, 0.5) is 13.9 Å². The predicted octanol–water partition coefficient (Wildman–Crippen LogP) is 6.01. The molecule has 0 saturated carbocycles. The van der Waals surface area contributed by atoms with E-state index in [0.29, 0.717) is 5.69 Å². The lowest BCUT2D eigenvalue weighted by Crippen LogP contribution is -2.06. The summed E-state index contributed by atoms with van der Waals surface area (Å²) in [6, 6.07) is 1.44. The molecule has 0 aliphatic heterocycles. The number of allylic oxidation sites excluding steroid dienone is 1. The number of fused-ring (bicyclic) bond motifs is 1. The molecule has 0 aliphatic rings. The Morgan fingerprint density at radius 3 is 2.66 bits per heavy atom. The smallest absolute Gasteiger partial charge is 0.280 e. The molecule has 9 heteroatoms. The van der Waals surface area contributed by atoms with Gasteiger partial charge in [0.15, 0.2) is 5.13 Å². The van der Waals surface area contributed by atoms with E-state index in [4.69, 9.17) is 0 Å². The van der Waals surface area contributed by atoms with Crippen LogP contribution in [-0.2, 0) is 6.42 Å². The molecule has 0 aromatic carbocycles. The van der Waals surface area contributed by atoms with Crippen LogP contribution in [0.25, 0.3) is 5.78 Å². The second-order valence-electron chi connectivity index (χ2n) is 6.81. The number of nitrogens with zero attached hydrogens (tertiary/aromatic N) is 5. The number of aromatic nitrogens is 5. The maximum atomic E-state index is 13.0. The summed E-state index contributed by atoms with van der Waals surface area (Å²) < 4.78 is 27.0. The fourth-order valence-corrected chi connectivity index (χ4v) is 3.46. The van der Waals surface area contributed by atoms with Crippen molar-refractivity contribution in [1.29, 1.82) is 0 Å². The van der Waals surface area contributed by atoms with Crippen molar-refractivity contribution in [3.63, 3.8) is 0 Å². The summed E-state index contributed by atoms with van der Waals surface area (Å²) in [5.41, 5.74) is 1.46. The van der Waals surface area contributed by atoms with E-state index in [9.17, 15) is 8.78 Å². The molecule has 29 heavy (non-hydrogen) atoms. The summed E-state index contributed by atoms with van der Waals surface area (Å²) in [4.78, 5) is 13.7. The molecular formula is C20H28F2N6S. The van der Waals surface area contributed by atoms with Gasteiger partial charge in [0, 0.05) is 22.5 Å². The highest BCUT2D eigenvalue weighted by Crippen LogP contribution is 2.25. The van der Waals surface area contributed by atoms with Crippen LogP contribution in [0.5, 0.6) is 0 Å². The third-order valence-electron chi connectivity index (χ3n) is 4.24. The first-order valence-electron chi connectivity index (χ1n) is 9.71. The van der Waals surface area contributed by atoms with E-state index >= 15 is 0 Å². The van der Waals surface area contributed by atoms with Crippen molar-refractivity contribution < 1.29 is 8.78 Å². The number of hydrogen-bond acceptors (Lipinski definition) is 6. The molecule has 1 N–H and O–H groups in total. The number of alkyl halides is 2. The van der Waals surface area contributed by atoms with E-state index in [2.05, 4.69) is 45.8 Å². The zero-order valence-corrected chi connectivity index (χ0v) is 18.1. The number of nitrogens with one attached hydrogen (secondary N) is 1. The van der Waals surface area contributed by atoms with Gasteiger partial charge in [-0.1, -0.05) is 40.2 Å². The molecule has 3 aromatic rings. The number of hydrogen-bond donors (Lipinski definition) is 1. The van der Waals surface area contributed by atoms with E-state index in [1.165, 1.54) is 17.3 Å². The average Bonchev–Trinajstić information content (AvgIpc) is 3.34. The number of unbranched alkanes of at least 4 members (excludes halogenated alkanes) is 1. The molecule has 0 bridgehead atoms. The van der Waals surface area contributed by atoms with Crippen molar-refractivity contribution in [3.8, 4) is 0 Å². The Labute approximate surface area is 174 Å². The Bertz CT molecular complexity index is 921. The van der Waals surface area contributed by atoms with E-state index in [1.54, 1.807) is 11.3 Å². The first-order chi connectivity index (χ1) is 13.8. The van der Waals surface area contributed by atoms with Crippen LogP contribution >= 0.6 is 11.3 Å². The van der Waals surface area contributed by atoms with Gasteiger partial charge in [-0.25, -0.2) is 18.7 Å². The normalized spacial score (nSPS) is 12.0. The maximum Gasteiger partial charge on any atom is 0.280 e. The minimum Gasteiger partial charge on any atom is -0.336 e. The molecule has 0 radical (unpaired) electrons. The Balaban J connectivity index is 0.000000234. The highest BCUT2D eigenvalue weighted by Gasteiger charge is 2.18. The lowest BCUT2D eigenvalue weighted by Gasteiger charge is -2.12. The van der Waals surface area contributed by atoms with Crippen molar-refractivity contribution in [3.05, 3.63) is 47.1 Å². The Morgan fingerprint density at radius 1 is 1.31 bits per heavy atom. The lowest BCUT2D eigenvalue weighted by molar-refractivity contribution is 0.143. The van der Waals surface area contributed by atoms with Gasteiger partial charge in [0.25, 0.3) is 12.2 Å². The van der Waals surface area contributed by atoms with Crippen LogP contribution in [0.1, 0.15) is 75.6 Å². The molecule has 0 fully saturated rings. The van der Waals surface area contributed by atoms with Crippen LogP contribution < -0.4 is 5.32 Å². The van der Waals surface area contributed by atoms with Crippen molar-refractivity contribution >= 4 is 22.2 Å². The average molecular weight is 423 g/mol. The number of rotatable bonds is 8. The summed E-state index contributed by atoms with van der Waals surface area (Å²) in [5.74, 6) is 0.398. The van der Waals surface area contributed by atoms with Crippen LogP contribution in [0.15, 0.2) is 30.9 Å². The van der Waals surface area contributed by atoms with Gasteiger partial charge in [0.05, 0.1) is 0 Å². The van der Waals surface area contributed by atoms with Gasteiger partial charge in [-0.15, -0.1) is 11.3 Å². The van der Waals surface area contributed by atoms with Crippen LogP contribution in [0, 0.1) is 0 Å². The van der Waals surface area contributed by atoms with E-state index < -0.39 is 6.43 Å².